The molecule has 0 bridgehead atoms. The van der Waals surface area contributed by atoms with Gasteiger partial charge in [0.1, 0.15) is 0 Å². The van der Waals surface area contributed by atoms with Gasteiger partial charge in [-0.15, -0.1) is 0 Å². The Balaban J connectivity index is 1.44. The largest absolute Gasteiger partial charge is 0.481 e. The minimum atomic E-state index is -0.844. The van der Waals surface area contributed by atoms with Crippen molar-refractivity contribution < 1.29 is 29.3 Å². The fraction of sp³-hybridized carbons (Fsp3) is 0.900. The zero-order chi connectivity index (χ0) is 18.3. The van der Waals surface area contributed by atoms with Gasteiger partial charge in [0, 0.05) is 6.42 Å². The van der Waals surface area contributed by atoms with E-state index in [4.69, 9.17) is 14.6 Å². The highest BCUT2D eigenvalue weighted by Crippen LogP contribution is 2.50. The van der Waals surface area contributed by atoms with Gasteiger partial charge < -0.3 is 19.7 Å². The van der Waals surface area contributed by atoms with E-state index in [1.807, 2.05) is 0 Å². The highest BCUT2D eigenvalue weighted by atomic mass is 16.6. The summed E-state index contributed by atoms with van der Waals surface area (Å²) in [6.07, 6.45) is 9.89. The van der Waals surface area contributed by atoms with E-state index < -0.39 is 17.4 Å². The van der Waals surface area contributed by atoms with Gasteiger partial charge in [0.2, 0.25) is 0 Å². The molecule has 0 aromatic heterocycles. The highest BCUT2D eigenvalue weighted by Gasteiger charge is 2.50. The lowest BCUT2D eigenvalue weighted by atomic mass is 9.66. The van der Waals surface area contributed by atoms with Crippen molar-refractivity contribution in [2.75, 3.05) is 0 Å². The van der Waals surface area contributed by atoms with E-state index in [9.17, 15) is 14.7 Å². The molecule has 0 aromatic carbocycles. The molecule has 2 aliphatic carbocycles. The predicted molar refractivity (Wildman–Crippen MR) is 92.8 cm³/mol. The lowest BCUT2D eigenvalue weighted by Gasteiger charge is -2.37. The van der Waals surface area contributed by atoms with Crippen LogP contribution in [0.1, 0.15) is 70.6 Å². The third-order valence-electron chi connectivity index (χ3n) is 7.08. The van der Waals surface area contributed by atoms with Crippen LogP contribution in [0.5, 0.6) is 0 Å². The van der Waals surface area contributed by atoms with Crippen molar-refractivity contribution >= 4 is 11.9 Å². The maximum atomic E-state index is 12.4. The third-order valence-corrected chi connectivity index (χ3v) is 7.08. The molecule has 146 valence electrons. The van der Waals surface area contributed by atoms with Gasteiger partial charge in [-0.05, 0) is 76.0 Å². The maximum Gasteiger partial charge on any atom is 0.309 e. The molecule has 6 atom stereocenters. The minimum Gasteiger partial charge on any atom is -0.481 e. The second kappa shape index (κ2) is 7.12. The smallest absolute Gasteiger partial charge is 0.309 e. The first-order valence-electron chi connectivity index (χ1n) is 10.2. The molecular weight excluding hydrogens is 336 g/mol. The summed E-state index contributed by atoms with van der Waals surface area (Å²) >= 11 is 0. The Morgan fingerprint density at radius 1 is 0.846 bits per heavy atom. The molecule has 26 heavy (non-hydrogen) atoms. The number of aliphatic carboxylic acids is 2. The Labute approximate surface area is 154 Å². The van der Waals surface area contributed by atoms with E-state index in [0.29, 0.717) is 61.9 Å². The van der Waals surface area contributed by atoms with Crippen LogP contribution in [0.3, 0.4) is 0 Å². The van der Waals surface area contributed by atoms with Crippen molar-refractivity contribution in [3.63, 3.8) is 0 Å². The molecule has 0 amide bonds. The Bertz CT molecular complexity index is 531. The van der Waals surface area contributed by atoms with Crippen LogP contribution in [0.15, 0.2) is 0 Å². The van der Waals surface area contributed by atoms with Gasteiger partial charge in [-0.3, -0.25) is 9.59 Å². The summed E-state index contributed by atoms with van der Waals surface area (Å²) in [5.74, 6) is -0.815. The molecule has 2 saturated heterocycles. The summed E-state index contributed by atoms with van der Waals surface area (Å²) < 4.78 is 11.2. The van der Waals surface area contributed by atoms with Crippen LogP contribution in [-0.2, 0) is 19.1 Å². The number of hydrogen-bond donors (Lipinski definition) is 2. The van der Waals surface area contributed by atoms with E-state index >= 15 is 0 Å². The fourth-order valence-electron chi connectivity index (χ4n) is 5.60. The number of carboxylic acid groups (broad SMARTS) is 2. The first-order chi connectivity index (χ1) is 12.4. The summed E-state index contributed by atoms with van der Waals surface area (Å²) in [5.41, 5.74) is -0.797. The summed E-state index contributed by atoms with van der Waals surface area (Å²) in [7, 11) is 0. The SMILES string of the molecule is O=C(O)CCCC(CC1CCC2OC2C1)(CC1CCC2OC2C1)C(=O)O. The summed E-state index contributed by atoms with van der Waals surface area (Å²) in [5, 5.41) is 19.2. The topological polar surface area (TPSA) is 99.7 Å². The van der Waals surface area contributed by atoms with Crippen LogP contribution in [0.2, 0.25) is 0 Å². The second-order valence-electron chi connectivity index (χ2n) is 9.03. The lowest BCUT2D eigenvalue weighted by molar-refractivity contribution is -0.153. The van der Waals surface area contributed by atoms with Crippen LogP contribution < -0.4 is 0 Å². The number of fused-ring (bicyclic) bond motifs is 2. The zero-order valence-electron chi connectivity index (χ0n) is 15.3. The maximum absolute atomic E-state index is 12.4. The summed E-state index contributed by atoms with van der Waals surface area (Å²) in [4.78, 5) is 23.4. The number of epoxide rings is 2. The molecule has 2 N–H and O–H groups in total. The fourth-order valence-corrected chi connectivity index (χ4v) is 5.60. The second-order valence-corrected chi connectivity index (χ2v) is 9.03. The molecule has 0 spiro atoms. The van der Waals surface area contributed by atoms with Gasteiger partial charge in [-0.1, -0.05) is 0 Å². The molecule has 2 saturated carbocycles. The molecule has 4 aliphatic rings. The van der Waals surface area contributed by atoms with Crippen molar-refractivity contribution in [1.82, 2.24) is 0 Å². The van der Waals surface area contributed by atoms with E-state index in [2.05, 4.69) is 0 Å². The predicted octanol–water partition coefficient (Wildman–Crippen LogP) is 3.23. The average Bonchev–Trinajstić information content (AvgIpc) is 3.48. The molecule has 0 radical (unpaired) electrons. The monoisotopic (exact) mass is 366 g/mol. The normalized spacial score (nSPS) is 40.0. The standard InChI is InChI=1S/C20H30O6/c21-18(22)2-1-7-20(19(23)24,10-12-3-5-14-16(8-12)25-14)11-13-4-6-15-17(9-13)26-15/h12-17H,1-11H2,(H,21,22)(H,23,24). The van der Waals surface area contributed by atoms with Crippen LogP contribution >= 0.6 is 0 Å². The number of ether oxygens (including phenoxy) is 2. The van der Waals surface area contributed by atoms with Gasteiger partial charge in [0.25, 0.3) is 0 Å². The number of carboxylic acids is 2. The van der Waals surface area contributed by atoms with Crippen LogP contribution in [0.4, 0.5) is 0 Å². The Morgan fingerprint density at radius 3 is 1.81 bits per heavy atom. The lowest BCUT2D eigenvalue weighted by Crippen LogP contribution is -2.37. The molecule has 0 aromatic rings. The van der Waals surface area contributed by atoms with Crippen molar-refractivity contribution in [2.24, 2.45) is 17.3 Å². The summed E-state index contributed by atoms with van der Waals surface area (Å²) in [6, 6.07) is 0. The van der Waals surface area contributed by atoms with E-state index in [1.54, 1.807) is 0 Å². The molecule has 6 heteroatoms. The first-order valence-corrected chi connectivity index (χ1v) is 10.2. The van der Waals surface area contributed by atoms with Crippen LogP contribution in [0, 0.1) is 17.3 Å². The summed E-state index contributed by atoms with van der Waals surface area (Å²) in [6.45, 7) is 0. The Hall–Kier alpha value is -1.14. The number of hydrogen-bond acceptors (Lipinski definition) is 4. The highest BCUT2D eigenvalue weighted by molar-refractivity contribution is 5.75. The minimum absolute atomic E-state index is 0.0476. The van der Waals surface area contributed by atoms with Crippen molar-refractivity contribution in [2.45, 2.75) is 95.0 Å². The van der Waals surface area contributed by atoms with Crippen molar-refractivity contribution in [3.05, 3.63) is 0 Å². The van der Waals surface area contributed by atoms with Crippen LogP contribution in [0.25, 0.3) is 0 Å². The molecule has 2 heterocycles. The van der Waals surface area contributed by atoms with Gasteiger partial charge in [-0.25, -0.2) is 0 Å². The zero-order valence-corrected chi connectivity index (χ0v) is 15.3. The first kappa shape index (κ1) is 18.2. The number of carbonyl (C=O) groups is 2. The van der Waals surface area contributed by atoms with E-state index in [0.717, 1.165) is 38.5 Å². The molecule has 4 fully saturated rings. The van der Waals surface area contributed by atoms with Crippen LogP contribution in [-0.4, -0.2) is 46.6 Å². The van der Waals surface area contributed by atoms with Gasteiger partial charge in [-0.2, -0.15) is 0 Å². The number of rotatable bonds is 9. The molecular formula is C20H30O6. The van der Waals surface area contributed by atoms with Gasteiger partial charge in [0.15, 0.2) is 0 Å². The van der Waals surface area contributed by atoms with E-state index in [1.165, 1.54) is 0 Å². The van der Waals surface area contributed by atoms with Crippen molar-refractivity contribution in [1.29, 1.82) is 0 Å². The van der Waals surface area contributed by atoms with Gasteiger partial charge in [0.05, 0.1) is 29.8 Å². The molecule has 6 unspecified atom stereocenters. The molecule has 2 aliphatic heterocycles. The molecule has 6 nitrogen and oxygen atoms in total. The Kier molecular flexibility index (Phi) is 4.99. The van der Waals surface area contributed by atoms with Crippen molar-refractivity contribution in [3.8, 4) is 0 Å². The van der Waals surface area contributed by atoms with Gasteiger partial charge >= 0.3 is 11.9 Å². The van der Waals surface area contributed by atoms with E-state index in [-0.39, 0.29) is 6.42 Å². The molecule has 4 rings (SSSR count). The third kappa shape index (κ3) is 4.06. The Morgan fingerprint density at radius 2 is 1.38 bits per heavy atom. The quantitative estimate of drug-likeness (QED) is 0.608. The average molecular weight is 366 g/mol.